The molecule has 0 atom stereocenters. The fourth-order valence-electron chi connectivity index (χ4n) is 3.76. The number of carboxylic acid groups (broad SMARTS) is 1. The molecule has 2 rings (SSSR count). The Hall–Kier alpha value is -1.79. The van der Waals surface area contributed by atoms with Gasteiger partial charge in [0, 0.05) is 32.6 Å². The van der Waals surface area contributed by atoms with Crippen molar-refractivity contribution >= 4 is 18.0 Å². The smallest absolute Gasteiger partial charge is 0.410 e. The Morgan fingerprint density at radius 3 is 1.96 bits per heavy atom. The van der Waals surface area contributed by atoms with Gasteiger partial charge in [-0.2, -0.15) is 0 Å². The topological polar surface area (TPSA) is 87.2 Å². The van der Waals surface area contributed by atoms with E-state index in [-0.39, 0.29) is 23.8 Å². The van der Waals surface area contributed by atoms with Crippen molar-refractivity contribution < 1.29 is 24.2 Å². The van der Waals surface area contributed by atoms with Crippen molar-refractivity contribution in [3.05, 3.63) is 0 Å². The molecule has 7 nitrogen and oxygen atoms in total. The molecule has 25 heavy (non-hydrogen) atoms. The van der Waals surface area contributed by atoms with Crippen LogP contribution in [-0.2, 0) is 14.3 Å². The maximum Gasteiger partial charge on any atom is 0.410 e. The molecule has 0 bridgehead atoms. The third-order valence-electron chi connectivity index (χ3n) is 5.00. The van der Waals surface area contributed by atoms with Crippen molar-refractivity contribution in [3.63, 3.8) is 0 Å². The maximum atomic E-state index is 12.6. The third-order valence-corrected chi connectivity index (χ3v) is 5.00. The summed E-state index contributed by atoms with van der Waals surface area (Å²) in [6.45, 7) is 7.33. The first-order chi connectivity index (χ1) is 11.6. The van der Waals surface area contributed by atoms with Crippen LogP contribution in [0.15, 0.2) is 0 Å². The van der Waals surface area contributed by atoms with Gasteiger partial charge in [0.2, 0.25) is 5.91 Å². The van der Waals surface area contributed by atoms with Crippen molar-refractivity contribution in [1.82, 2.24) is 9.80 Å². The Morgan fingerprint density at radius 1 is 0.960 bits per heavy atom. The lowest BCUT2D eigenvalue weighted by Crippen LogP contribution is -2.52. The second-order valence-electron chi connectivity index (χ2n) is 8.30. The summed E-state index contributed by atoms with van der Waals surface area (Å²) in [7, 11) is 0. The van der Waals surface area contributed by atoms with Crippen molar-refractivity contribution in [2.75, 3.05) is 26.2 Å². The molecular formula is C18H30N2O5. The molecule has 1 N–H and O–H groups in total. The van der Waals surface area contributed by atoms with Crippen molar-refractivity contribution in [2.24, 2.45) is 5.41 Å². The highest BCUT2D eigenvalue weighted by atomic mass is 16.6. The quantitative estimate of drug-likeness (QED) is 0.838. The molecule has 7 heteroatoms. The van der Waals surface area contributed by atoms with E-state index in [2.05, 4.69) is 0 Å². The van der Waals surface area contributed by atoms with E-state index in [0.717, 1.165) is 25.7 Å². The van der Waals surface area contributed by atoms with Gasteiger partial charge in [-0.25, -0.2) is 4.79 Å². The highest BCUT2D eigenvalue weighted by molar-refractivity contribution is 5.79. The minimum Gasteiger partial charge on any atom is -0.481 e. The highest BCUT2D eigenvalue weighted by Gasteiger charge is 2.39. The number of carbonyl (C=O) groups excluding carboxylic acids is 2. The Morgan fingerprint density at radius 2 is 1.48 bits per heavy atom. The van der Waals surface area contributed by atoms with Crippen molar-refractivity contribution in [3.8, 4) is 0 Å². The molecule has 1 saturated heterocycles. The Kier molecular flexibility index (Phi) is 5.95. The van der Waals surface area contributed by atoms with Gasteiger partial charge in [0.05, 0.1) is 6.42 Å². The molecular weight excluding hydrogens is 324 g/mol. The lowest BCUT2D eigenvalue weighted by Gasteiger charge is -2.37. The molecule has 142 valence electrons. The van der Waals surface area contributed by atoms with Gasteiger partial charge in [-0.05, 0) is 39.0 Å². The van der Waals surface area contributed by atoms with E-state index < -0.39 is 11.6 Å². The first-order valence-electron chi connectivity index (χ1n) is 9.08. The number of carboxylic acids is 1. The normalized spacial score (nSPS) is 20.4. The average molecular weight is 354 g/mol. The summed E-state index contributed by atoms with van der Waals surface area (Å²) < 4.78 is 5.36. The molecule has 0 aromatic carbocycles. The molecule has 0 aromatic heterocycles. The SMILES string of the molecule is CC(C)(C)OC(=O)N1CCN(C(=O)CC2(CC(=O)O)CCCC2)CC1. The summed E-state index contributed by atoms with van der Waals surface area (Å²) in [5, 5.41) is 9.17. The minimum atomic E-state index is -0.829. The van der Waals surface area contributed by atoms with Gasteiger partial charge in [-0.1, -0.05) is 12.8 Å². The van der Waals surface area contributed by atoms with E-state index in [1.54, 1.807) is 9.80 Å². The first-order valence-corrected chi connectivity index (χ1v) is 9.08. The number of nitrogens with zero attached hydrogens (tertiary/aromatic N) is 2. The van der Waals surface area contributed by atoms with Crippen LogP contribution in [0.2, 0.25) is 0 Å². The van der Waals surface area contributed by atoms with Crippen LogP contribution in [0.4, 0.5) is 4.79 Å². The van der Waals surface area contributed by atoms with Crippen LogP contribution < -0.4 is 0 Å². The fourth-order valence-corrected chi connectivity index (χ4v) is 3.76. The van der Waals surface area contributed by atoms with Gasteiger partial charge in [-0.15, -0.1) is 0 Å². The van der Waals surface area contributed by atoms with Crippen molar-refractivity contribution in [1.29, 1.82) is 0 Å². The van der Waals surface area contributed by atoms with Crippen LogP contribution in [0, 0.1) is 5.41 Å². The van der Waals surface area contributed by atoms with Crippen LogP contribution in [0.1, 0.15) is 59.3 Å². The molecule has 0 radical (unpaired) electrons. The van der Waals surface area contributed by atoms with Crippen LogP contribution in [0.3, 0.4) is 0 Å². The predicted molar refractivity (Wildman–Crippen MR) is 92.2 cm³/mol. The van der Waals surface area contributed by atoms with Gasteiger partial charge >= 0.3 is 12.1 Å². The zero-order valence-corrected chi connectivity index (χ0v) is 15.5. The number of carbonyl (C=O) groups is 3. The molecule has 2 amide bonds. The van der Waals surface area contributed by atoms with Gasteiger partial charge in [0.25, 0.3) is 0 Å². The molecule has 0 spiro atoms. The van der Waals surface area contributed by atoms with Crippen molar-refractivity contribution in [2.45, 2.75) is 64.9 Å². The fraction of sp³-hybridized carbons (Fsp3) is 0.833. The zero-order chi connectivity index (χ0) is 18.7. The number of piperazine rings is 1. The summed E-state index contributed by atoms with van der Waals surface area (Å²) in [6.07, 6.45) is 3.62. The number of rotatable bonds is 4. The molecule has 0 aromatic rings. The number of amides is 2. The third kappa shape index (κ3) is 5.61. The molecule has 1 aliphatic heterocycles. The Labute approximate surface area is 149 Å². The van der Waals surface area contributed by atoms with E-state index in [9.17, 15) is 14.4 Å². The second-order valence-corrected chi connectivity index (χ2v) is 8.30. The lowest BCUT2D eigenvalue weighted by atomic mass is 9.79. The number of ether oxygens (including phenoxy) is 1. The number of hydrogen-bond donors (Lipinski definition) is 1. The van der Waals surface area contributed by atoms with Gasteiger partial charge in [0.15, 0.2) is 0 Å². The zero-order valence-electron chi connectivity index (χ0n) is 15.5. The summed E-state index contributed by atoms with van der Waals surface area (Å²) in [5.74, 6) is -0.823. The van der Waals surface area contributed by atoms with E-state index in [1.807, 2.05) is 20.8 Å². The monoisotopic (exact) mass is 354 g/mol. The van der Waals surface area contributed by atoms with E-state index >= 15 is 0 Å². The summed E-state index contributed by atoms with van der Waals surface area (Å²) in [4.78, 5) is 39.3. The summed E-state index contributed by atoms with van der Waals surface area (Å²) >= 11 is 0. The van der Waals surface area contributed by atoms with E-state index in [0.29, 0.717) is 32.6 Å². The molecule has 2 aliphatic rings. The van der Waals surface area contributed by atoms with E-state index in [4.69, 9.17) is 9.84 Å². The Balaban J connectivity index is 1.86. The molecule has 1 heterocycles. The standard InChI is InChI=1S/C18H30N2O5/c1-17(2,3)25-16(24)20-10-8-19(9-11-20)14(21)12-18(13-15(22)23)6-4-5-7-18/h4-13H2,1-3H3,(H,22,23). The van der Waals surface area contributed by atoms with Crippen LogP contribution in [0.5, 0.6) is 0 Å². The number of aliphatic carboxylic acids is 1. The lowest BCUT2D eigenvalue weighted by molar-refractivity contribution is -0.142. The summed E-state index contributed by atoms with van der Waals surface area (Å²) in [6, 6.07) is 0. The Bertz CT molecular complexity index is 512. The van der Waals surface area contributed by atoms with Crippen LogP contribution in [0.25, 0.3) is 0 Å². The second kappa shape index (κ2) is 7.62. The number of hydrogen-bond acceptors (Lipinski definition) is 4. The molecule has 1 saturated carbocycles. The average Bonchev–Trinajstić information content (AvgIpc) is 2.92. The molecule has 1 aliphatic carbocycles. The largest absolute Gasteiger partial charge is 0.481 e. The maximum absolute atomic E-state index is 12.6. The van der Waals surface area contributed by atoms with Crippen LogP contribution >= 0.6 is 0 Å². The van der Waals surface area contributed by atoms with Gasteiger partial charge in [0.1, 0.15) is 5.60 Å². The first kappa shape index (κ1) is 19.5. The molecule has 0 unspecified atom stereocenters. The summed E-state index contributed by atoms with van der Waals surface area (Å²) in [5.41, 5.74) is -0.916. The van der Waals surface area contributed by atoms with Gasteiger partial charge < -0.3 is 19.6 Å². The minimum absolute atomic E-state index is 0.00647. The highest BCUT2D eigenvalue weighted by Crippen LogP contribution is 2.44. The van der Waals surface area contributed by atoms with Gasteiger partial charge in [-0.3, -0.25) is 9.59 Å². The predicted octanol–water partition coefficient (Wildman–Crippen LogP) is 2.49. The van der Waals surface area contributed by atoms with E-state index in [1.165, 1.54) is 0 Å². The molecule has 2 fully saturated rings. The van der Waals surface area contributed by atoms with Crippen LogP contribution in [-0.4, -0.2) is 64.7 Å².